The summed E-state index contributed by atoms with van der Waals surface area (Å²) >= 11 is 0. The van der Waals surface area contributed by atoms with Gasteiger partial charge in [-0.05, 0) is 17.7 Å². The quantitative estimate of drug-likeness (QED) is 0.509. The molecule has 5 nitrogen and oxygen atoms in total. The third kappa shape index (κ3) is 3.81. The van der Waals surface area contributed by atoms with Gasteiger partial charge in [-0.25, -0.2) is 0 Å². The average molecular weight is 405 g/mol. The summed E-state index contributed by atoms with van der Waals surface area (Å²) in [5.74, 6) is -0.0987. The summed E-state index contributed by atoms with van der Waals surface area (Å²) in [6, 6.07) is 25.9. The molecule has 0 aliphatic carbocycles. The van der Waals surface area contributed by atoms with Gasteiger partial charge in [-0.3, -0.25) is 4.79 Å². The molecule has 0 aromatic heterocycles. The molecule has 3 aromatic rings. The Morgan fingerprint density at radius 1 is 0.966 bits per heavy atom. The Balaban J connectivity index is 1.86. The molecule has 1 aliphatic heterocycles. The molecule has 1 atom stereocenters. The molecular weight excluding hydrogens is 385 g/mol. The highest BCUT2D eigenvalue weighted by molar-refractivity contribution is 7.66. The summed E-state index contributed by atoms with van der Waals surface area (Å²) in [5.41, 5.74) is 2.56. The van der Waals surface area contributed by atoms with Crippen LogP contribution in [0.3, 0.4) is 0 Å². The van der Waals surface area contributed by atoms with Crippen LogP contribution in [0.2, 0.25) is 0 Å². The van der Waals surface area contributed by atoms with Crippen LogP contribution in [-0.2, 0) is 11.1 Å². The zero-order chi connectivity index (χ0) is 20.3. The molecular formula is C23H20NO4P. The number of Topliss-reactive ketones (excluding diaryl/α,β-unsaturated/α-hetero) is 1. The van der Waals surface area contributed by atoms with Crippen LogP contribution in [0.15, 0.2) is 90.2 Å². The number of allylic oxidation sites excluding steroid dienone is 1. The van der Waals surface area contributed by atoms with Crippen molar-refractivity contribution in [1.82, 2.24) is 5.32 Å². The van der Waals surface area contributed by atoms with Gasteiger partial charge in [0, 0.05) is 12.1 Å². The van der Waals surface area contributed by atoms with Gasteiger partial charge < -0.3 is 14.7 Å². The number of fused-ring (bicyclic) bond motifs is 1. The van der Waals surface area contributed by atoms with Crippen LogP contribution in [0, 0.1) is 0 Å². The first-order chi connectivity index (χ1) is 14.1. The number of carbonyl (C=O) groups excluding carboxylic acids is 1. The fourth-order valence-corrected chi connectivity index (χ4v) is 4.87. The lowest BCUT2D eigenvalue weighted by Crippen LogP contribution is -2.31. The Hall–Kier alpha value is -2.98. The Morgan fingerprint density at radius 3 is 2.28 bits per heavy atom. The maximum Gasteiger partial charge on any atom is 0.324 e. The molecule has 6 heteroatoms. The summed E-state index contributed by atoms with van der Waals surface area (Å²) in [6.45, 7) is 0.452. The second-order valence-corrected chi connectivity index (χ2v) is 8.52. The van der Waals surface area contributed by atoms with E-state index in [0.717, 1.165) is 11.1 Å². The van der Waals surface area contributed by atoms with E-state index in [0.29, 0.717) is 17.8 Å². The van der Waals surface area contributed by atoms with E-state index < -0.39 is 7.94 Å². The van der Waals surface area contributed by atoms with Gasteiger partial charge in [0.1, 0.15) is 0 Å². The molecule has 1 aliphatic rings. The summed E-state index contributed by atoms with van der Waals surface area (Å²) < 4.78 is 11.0. The molecule has 0 radical (unpaired) electrons. The smallest absolute Gasteiger partial charge is 0.324 e. The Morgan fingerprint density at radius 2 is 1.59 bits per heavy atom. The second kappa shape index (κ2) is 8.18. The van der Waals surface area contributed by atoms with E-state index in [-0.39, 0.29) is 16.8 Å². The van der Waals surface area contributed by atoms with Crippen molar-refractivity contribution in [3.8, 4) is 5.75 Å². The fourth-order valence-electron chi connectivity index (χ4n) is 3.25. The SMILES string of the molecule is CO[P+]1([O-])Oc2ccccc2C(=O)/C1=C(\NCc1ccccc1)c1ccccc1. The van der Waals surface area contributed by atoms with Crippen molar-refractivity contribution in [2.75, 3.05) is 7.11 Å². The molecule has 0 saturated heterocycles. The van der Waals surface area contributed by atoms with Gasteiger partial charge in [0.15, 0.2) is 5.75 Å². The number of para-hydroxylation sites is 1. The number of rotatable bonds is 5. The maximum absolute atomic E-state index is 13.6. The van der Waals surface area contributed by atoms with Gasteiger partial charge in [0.05, 0.1) is 18.4 Å². The van der Waals surface area contributed by atoms with Crippen LogP contribution in [0.5, 0.6) is 5.75 Å². The number of ketones is 1. The van der Waals surface area contributed by atoms with Gasteiger partial charge in [-0.1, -0.05) is 72.8 Å². The molecule has 0 bridgehead atoms. The van der Waals surface area contributed by atoms with Crippen LogP contribution < -0.4 is 14.7 Å². The molecule has 1 unspecified atom stereocenters. The predicted octanol–water partition coefficient (Wildman–Crippen LogP) is 4.19. The zero-order valence-electron chi connectivity index (χ0n) is 15.9. The van der Waals surface area contributed by atoms with Crippen molar-refractivity contribution in [3.63, 3.8) is 0 Å². The van der Waals surface area contributed by atoms with E-state index in [1.165, 1.54) is 7.11 Å². The average Bonchev–Trinajstić information content (AvgIpc) is 2.77. The van der Waals surface area contributed by atoms with E-state index in [4.69, 9.17) is 9.05 Å². The van der Waals surface area contributed by atoms with Crippen LogP contribution >= 0.6 is 7.94 Å². The minimum atomic E-state index is -3.87. The minimum absolute atomic E-state index is 0.0147. The van der Waals surface area contributed by atoms with Crippen molar-refractivity contribution in [2.45, 2.75) is 6.54 Å². The summed E-state index contributed by atoms with van der Waals surface area (Å²) in [5, 5.41) is 3.31. The number of hydrogen-bond donors (Lipinski definition) is 1. The normalized spacial score (nSPS) is 19.9. The highest BCUT2D eigenvalue weighted by atomic mass is 31.2. The van der Waals surface area contributed by atoms with Crippen LogP contribution in [0.1, 0.15) is 21.5 Å². The lowest BCUT2D eigenvalue weighted by molar-refractivity contribution is -0.205. The van der Waals surface area contributed by atoms with E-state index in [1.54, 1.807) is 24.3 Å². The Bertz CT molecular complexity index is 1050. The van der Waals surface area contributed by atoms with Crippen molar-refractivity contribution in [2.24, 2.45) is 0 Å². The van der Waals surface area contributed by atoms with E-state index in [1.807, 2.05) is 60.7 Å². The Kier molecular flexibility index (Phi) is 5.45. The molecule has 3 aromatic carbocycles. The van der Waals surface area contributed by atoms with Gasteiger partial charge in [0.25, 0.3) is 0 Å². The van der Waals surface area contributed by atoms with E-state index in [9.17, 15) is 9.69 Å². The lowest BCUT2D eigenvalue weighted by atomic mass is 10.0. The van der Waals surface area contributed by atoms with Gasteiger partial charge in [0.2, 0.25) is 11.1 Å². The van der Waals surface area contributed by atoms with Gasteiger partial charge >= 0.3 is 7.94 Å². The maximum atomic E-state index is 13.6. The third-order valence-electron chi connectivity index (χ3n) is 4.69. The molecule has 146 valence electrons. The largest absolute Gasteiger partial charge is 0.620 e. The first kappa shape index (κ1) is 19.3. The lowest BCUT2D eigenvalue weighted by Gasteiger charge is -2.33. The zero-order valence-corrected chi connectivity index (χ0v) is 16.8. The molecule has 0 fully saturated rings. The molecule has 0 spiro atoms. The van der Waals surface area contributed by atoms with E-state index >= 15 is 0 Å². The number of nitrogens with one attached hydrogen (secondary N) is 1. The Labute approximate surface area is 170 Å². The first-order valence-electron chi connectivity index (χ1n) is 9.19. The van der Waals surface area contributed by atoms with Gasteiger partial charge in [-0.15, -0.1) is 0 Å². The second-order valence-electron chi connectivity index (χ2n) is 6.53. The molecule has 4 rings (SSSR count). The topological polar surface area (TPSA) is 70.6 Å². The van der Waals surface area contributed by atoms with Crippen LogP contribution in [0.25, 0.3) is 5.70 Å². The van der Waals surface area contributed by atoms with Crippen molar-refractivity contribution in [1.29, 1.82) is 0 Å². The monoisotopic (exact) mass is 405 g/mol. The van der Waals surface area contributed by atoms with Crippen molar-refractivity contribution in [3.05, 3.63) is 107 Å². The van der Waals surface area contributed by atoms with Crippen molar-refractivity contribution >= 4 is 19.4 Å². The molecule has 1 N–H and O–H groups in total. The highest BCUT2D eigenvalue weighted by Crippen LogP contribution is 2.64. The predicted molar refractivity (Wildman–Crippen MR) is 112 cm³/mol. The van der Waals surface area contributed by atoms with Crippen molar-refractivity contribution < 1.29 is 18.7 Å². The van der Waals surface area contributed by atoms with E-state index in [2.05, 4.69) is 5.32 Å². The summed E-state index contributed by atoms with van der Waals surface area (Å²) in [4.78, 5) is 27.0. The molecule has 29 heavy (non-hydrogen) atoms. The van der Waals surface area contributed by atoms with Crippen LogP contribution in [-0.4, -0.2) is 12.9 Å². The molecule has 0 saturated carbocycles. The van der Waals surface area contributed by atoms with Crippen LogP contribution in [0.4, 0.5) is 0 Å². The molecule has 1 heterocycles. The number of benzene rings is 3. The third-order valence-corrected chi connectivity index (χ3v) is 6.58. The fraction of sp³-hybridized carbons (Fsp3) is 0.0870. The first-order valence-corrected chi connectivity index (χ1v) is 10.7. The molecule has 0 amide bonds. The summed E-state index contributed by atoms with van der Waals surface area (Å²) in [6.07, 6.45) is 0. The summed E-state index contributed by atoms with van der Waals surface area (Å²) in [7, 11) is -2.57. The number of carbonyl (C=O) groups is 1. The standard InChI is InChI=1S/C23H20NO4P/c1-27-29(26)23(22(25)19-14-8-9-15-20(19)28-29)21(18-12-6-3-7-13-18)24-16-17-10-4-2-5-11-17/h2-15,24H,16H2,1H3/b23-21+. The highest BCUT2D eigenvalue weighted by Gasteiger charge is 2.49. The minimum Gasteiger partial charge on any atom is -0.620 e. The number of hydrogen-bond acceptors (Lipinski definition) is 5. The van der Waals surface area contributed by atoms with Gasteiger partial charge in [-0.2, -0.15) is 4.52 Å².